The van der Waals surface area contributed by atoms with Crippen molar-refractivity contribution in [2.24, 2.45) is 0 Å². The molecular formula is C17H19N3O6. The van der Waals surface area contributed by atoms with Crippen LogP contribution >= 0.6 is 0 Å². The molecule has 2 aromatic rings. The van der Waals surface area contributed by atoms with Crippen LogP contribution < -0.4 is 10.6 Å². The van der Waals surface area contributed by atoms with Crippen LogP contribution in [0.1, 0.15) is 21.8 Å². The molecule has 2 amide bonds. The summed E-state index contributed by atoms with van der Waals surface area (Å²) in [5.74, 6) is -1.29. The minimum Gasteiger partial charge on any atom is -0.468 e. The van der Waals surface area contributed by atoms with Crippen molar-refractivity contribution >= 4 is 17.8 Å². The molecule has 0 unspecified atom stereocenters. The van der Waals surface area contributed by atoms with E-state index in [4.69, 9.17) is 9.26 Å². The second-order valence-corrected chi connectivity index (χ2v) is 5.19. The van der Waals surface area contributed by atoms with Crippen molar-refractivity contribution in [2.75, 3.05) is 20.2 Å². The van der Waals surface area contributed by atoms with Crippen LogP contribution in [0, 0.1) is 0 Å². The Morgan fingerprint density at radius 1 is 1.08 bits per heavy atom. The zero-order chi connectivity index (χ0) is 18.8. The maximum atomic E-state index is 11.9. The van der Waals surface area contributed by atoms with Crippen LogP contribution in [0.4, 0.5) is 0 Å². The molecule has 0 bridgehead atoms. The molecule has 0 aliphatic heterocycles. The van der Waals surface area contributed by atoms with Crippen molar-refractivity contribution in [1.82, 2.24) is 15.8 Å². The van der Waals surface area contributed by atoms with Crippen molar-refractivity contribution in [1.29, 1.82) is 0 Å². The van der Waals surface area contributed by atoms with E-state index in [2.05, 4.69) is 20.5 Å². The highest BCUT2D eigenvalue weighted by atomic mass is 16.5. The van der Waals surface area contributed by atoms with Gasteiger partial charge in [-0.3, -0.25) is 14.4 Å². The normalized spacial score (nSPS) is 10.2. The Labute approximate surface area is 149 Å². The molecule has 0 saturated carbocycles. The number of nitrogens with one attached hydrogen (secondary N) is 2. The zero-order valence-electron chi connectivity index (χ0n) is 14.2. The topological polar surface area (TPSA) is 120 Å². The van der Waals surface area contributed by atoms with Crippen LogP contribution in [-0.2, 0) is 32.3 Å². The fraction of sp³-hybridized carbons (Fsp3) is 0.294. The predicted octanol–water partition coefficient (Wildman–Crippen LogP) is 0.410. The summed E-state index contributed by atoms with van der Waals surface area (Å²) >= 11 is 0. The van der Waals surface area contributed by atoms with E-state index >= 15 is 0 Å². The van der Waals surface area contributed by atoms with Crippen LogP contribution in [0.3, 0.4) is 0 Å². The lowest BCUT2D eigenvalue weighted by atomic mass is 10.2. The number of carbonyl (C=O) groups is 3. The lowest BCUT2D eigenvalue weighted by Crippen LogP contribution is -2.39. The van der Waals surface area contributed by atoms with Crippen molar-refractivity contribution in [3.63, 3.8) is 0 Å². The van der Waals surface area contributed by atoms with E-state index in [1.165, 1.54) is 13.2 Å². The summed E-state index contributed by atoms with van der Waals surface area (Å²) in [7, 11) is 1.21. The van der Waals surface area contributed by atoms with E-state index in [1.807, 2.05) is 30.3 Å². The Hall–Kier alpha value is -3.20. The van der Waals surface area contributed by atoms with Crippen LogP contribution in [0.15, 0.2) is 40.9 Å². The Morgan fingerprint density at radius 3 is 2.58 bits per heavy atom. The number of carbonyl (C=O) groups excluding carboxylic acids is 3. The minimum absolute atomic E-state index is 0.0316. The Bertz CT molecular complexity index is 744. The van der Waals surface area contributed by atoms with E-state index in [0.29, 0.717) is 12.4 Å². The predicted molar refractivity (Wildman–Crippen MR) is 88.8 cm³/mol. The van der Waals surface area contributed by atoms with Crippen LogP contribution in [0.5, 0.6) is 0 Å². The van der Waals surface area contributed by atoms with Gasteiger partial charge in [-0.2, -0.15) is 0 Å². The first-order chi connectivity index (χ1) is 12.6. The summed E-state index contributed by atoms with van der Waals surface area (Å²) in [5.41, 5.74) is 1.05. The first kappa shape index (κ1) is 19.1. The highest BCUT2D eigenvalue weighted by molar-refractivity contribution is 5.95. The highest BCUT2D eigenvalue weighted by Gasteiger charge is 2.14. The molecule has 26 heavy (non-hydrogen) atoms. The first-order valence-electron chi connectivity index (χ1n) is 7.77. The van der Waals surface area contributed by atoms with Gasteiger partial charge in [0.1, 0.15) is 13.2 Å². The summed E-state index contributed by atoms with van der Waals surface area (Å²) in [5, 5.41) is 8.30. The van der Waals surface area contributed by atoms with Crippen molar-refractivity contribution < 1.29 is 28.4 Å². The van der Waals surface area contributed by atoms with Gasteiger partial charge in [0.2, 0.25) is 5.91 Å². The van der Waals surface area contributed by atoms with Gasteiger partial charge in [0, 0.05) is 6.07 Å². The largest absolute Gasteiger partial charge is 0.468 e. The number of aromatic nitrogens is 1. The van der Waals surface area contributed by atoms with Crippen LogP contribution in [0.25, 0.3) is 0 Å². The van der Waals surface area contributed by atoms with Crippen molar-refractivity contribution in [3.8, 4) is 0 Å². The number of hydrogen-bond acceptors (Lipinski definition) is 7. The highest BCUT2D eigenvalue weighted by Crippen LogP contribution is 2.08. The molecule has 9 nitrogen and oxygen atoms in total. The van der Waals surface area contributed by atoms with E-state index in [9.17, 15) is 14.4 Å². The van der Waals surface area contributed by atoms with Crippen molar-refractivity contribution in [2.45, 2.75) is 13.2 Å². The molecule has 0 radical (unpaired) electrons. The quantitative estimate of drug-likeness (QED) is 0.621. The number of benzene rings is 1. The molecule has 0 spiro atoms. The third-order valence-corrected chi connectivity index (χ3v) is 3.21. The number of nitrogens with zero attached hydrogens (tertiary/aromatic N) is 1. The van der Waals surface area contributed by atoms with E-state index in [0.717, 1.165) is 5.56 Å². The summed E-state index contributed by atoms with van der Waals surface area (Å²) in [4.78, 5) is 34.3. The molecule has 0 fully saturated rings. The third-order valence-electron chi connectivity index (χ3n) is 3.21. The summed E-state index contributed by atoms with van der Waals surface area (Å²) < 4.78 is 14.9. The number of methoxy groups -OCH3 is 1. The molecule has 0 saturated heterocycles. The van der Waals surface area contributed by atoms with Gasteiger partial charge in [-0.25, -0.2) is 0 Å². The average Bonchev–Trinajstić information content (AvgIpc) is 3.14. The maximum absolute atomic E-state index is 11.9. The maximum Gasteiger partial charge on any atom is 0.325 e. The number of esters is 1. The molecule has 138 valence electrons. The zero-order valence-corrected chi connectivity index (χ0v) is 14.2. The van der Waals surface area contributed by atoms with Crippen LogP contribution in [0.2, 0.25) is 0 Å². The van der Waals surface area contributed by atoms with Gasteiger partial charge in [0.15, 0.2) is 11.5 Å². The van der Waals surface area contributed by atoms with Gasteiger partial charge in [0.05, 0.1) is 20.3 Å². The standard InChI is InChI=1S/C17H19N3O6/c1-24-16(22)9-18-15(21)8-19-17(23)14-7-13(26-20-14)11-25-10-12-5-3-2-4-6-12/h2-7H,8-11H2,1H3,(H,18,21)(H,19,23). The number of hydrogen-bond donors (Lipinski definition) is 2. The number of ether oxygens (including phenoxy) is 2. The molecule has 1 heterocycles. The first-order valence-corrected chi connectivity index (χ1v) is 7.77. The van der Waals surface area contributed by atoms with Gasteiger partial charge in [-0.05, 0) is 5.56 Å². The fourth-order valence-corrected chi connectivity index (χ4v) is 1.89. The summed E-state index contributed by atoms with van der Waals surface area (Å²) in [6.45, 7) is -0.00117. The summed E-state index contributed by atoms with van der Waals surface area (Å²) in [6, 6.07) is 11.1. The molecule has 0 atom stereocenters. The van der Waals surface area contributed by atoms with Crippen LogP contribution in [-0.4, -0.2) is 43.1 Å². The van der Waals surface area contributed by atoms with Gasteiger partial charge in [0.25, 0.3) is 5.91 Å². The lowest BCUT2D eigenvalue weighted by Gasteiger charge is -2.04. The molecule has 0 aliphatic rings. The van der Waals surface area contributed by atoms with Crippen molar-refractivity contribution in [3.05, 3.63) is 53.4 Å². The molecule has 2 N–H and O–H groups in total. The fourth-order valence-electron chi connectivity index (χ4n) is 1.89. The van der Waals surface area contributed by atoms with E-state index in [1.54, 1.807) is 0 Å². The smallest absolute Gasteiger partial charge is 0.325 e. The third kappa shape index (κ3) is 6.36. The Kier molecular flexibility index (Phi) is 7.31. The molecule has 9 heteroatoms. The molecule has 0 aliphatic carbocycles. The average molecular weight is 361 g/mol. The number of rotatable bonds is 9. The van der Waals surface area contributed by atoms with Gasteiger partial charge < -0.3 is 24.6 Å². The minimum atomic E-state index is -0.582. The van der Waals surface area contributed by atoms with Gasteiger partial charge >= 0.3 is 5.97 Å². The van der Waals surface area contributed by atoms with Gasteiger partial charge in [-0.15, -0.1) is 0 Å². The second-order valence-electron chi connectivity index (χ2n) is 5.19. The Morgan fingerprint density at radius 2 is 1.85 bits per heavy atom. The van der Waals surface area contributed by atoms with E-state index < -0.39 is 17.8 Å². The SMILES string of the molecule is COC(=O)CNC(=O)CNC(=O)c1cc(COCc2ccccc2)on1. The summed E-state index contributed by atoms with van der Waals surface area (Å²) in [6.07, 6.45) is 0. The molecule has 1 aromatic carbocycles. The molecule has 1 aromatic heterocycles. The second kappa shape index (κ2) is 9.94. The molecule has 2 rings (SSSR count). The number of amides is 2. The van der Waals surface area contributed by atoms with E-state index in [-0.39, 0.29) is 25.4 Å². The lowest BCUT2D eigenvalue weighted by molar-refractivity contribution is -0.141. The van der Waals surface area contributed by atoms with Gasteiger partial charge in [-0.1, -0.05) is 35.5 Å². The molecular weight excluding hydrogens is 342 g/mol. The Balaban J connectivity index is 1.71. The monoisotopic (exact) mass is 361 g/mol.